The number of halogens is 3. The van der Waals surface area contributed by atoms with E-state index < -0.39 is 23.7 Å². The molecule has 0 atom stereocenters. The van der Waals surface area contributed by atoms with Crippen LogP contribution in [0.1, 0.15) is 5.69 Å². The first-order chi connectivity index (χ1) is 15.2. The summed E-state index contributed by atoms with van der Waals surface area (Å²) in [6.45, 7) is 0. The number of amides is 2. The number of anilines is 1. The van der Waals surface area contributed by atoms with Gasteiger partial charge in [-0.15, -0.1) is 16.4 Å². The van der Waals surface area contributed by atoms with Gasteiger partial charge in [-0.2, -0.15) is 13.2 Å². The molecule has 0 aliphatic heterocycles. The molecule has 0 saturated heterocycles. The number of urea groups is 1. The van der Waals surface area contributed by atoms with Gasteiger partial charge in [0.05, 0.1) is 5.56 Å². The van der Waals surface area contributed by atoms with Crippen molar-refractivity contribution in [1.82, 2.24) is 30.5 Å². The summed E-state index contributed by atoms with van der Waals surface area (Å²) in [6.07, 6.45) is -0.373. The predicted octanol–water partition coefficient (Wildman–Crippen LogP) is 3.38. The number of rotatable bonds is 4. The number of nitrogens with one attached hydrogen (secondary N) is 3. The van der Waals surface area contributed by atoms with Crippen molar-refractivity contribution in [3.8, 4) is 33.2 Å². The Hall–Kier alpha value is -4.07. The Morgan fingerprint density at radius 3 is 2.59 bits per heavy atom. The molecule has 10 nitrogen and oxygen atoms in total. The molecule has 0 spiro atoms. The molecule has 4 rings (SSSR count). The Morgan fingerprint density at radius 2 is 1.94 bits per heavy atom. The highest BCUT2D eigenvalue weighted by Gasteiger charge is 2.34. The van der Waals surface area contributed by atoms with Gasteiger partial charge in [0.1, 0.15) is 10.8 Å². The first kappa shape index (κ1) is 21.2. The van der Waals surface area contributed by atoms with Crippen LogP contribution in [0, 0.1) is 0 Å². The number of hydrogen-bond acceptors (Lipinski definition) is 8. The summed E-state index contributed by atoms with van der Waals surface area (Å²) in [5, 5.41) is 11.7. The number of carbonyl (C=O) groups is 1. The Balaban J connectivity index is 1.84. The number of thiazole rings is 1. The SMILES string of the molecule is CNC(=O)Nc1cc(-c2nc(C(F)(F)F)cs2)c(-c2cncc(-c3n[nH]c(=O)o3)c2)cn1. The van der Waals surface area contributed by atoms with Gasteiger partial charge in [0.15, 0.2) is 5.69 Å². The standard InChI is InChI=1S/C18H12F3N7O3S/c1-22-16(29)26-13-3-10(15-25-12(7-32-15)18(19,20)21)11(6-24-13)8-2-9(5-23-4-8)14-27-28-17(30)31-14/h2-7H,1H3,(H,28,30)(H2,22,24,26,29). The van der Waals surface area contributed by atoms with Crippen LogP contribution in [-0.4, -0.2) is 38.2 Å². The van der Waals surface area contributed by atoms with Crippen LogP contribution in [0.25, 0.3) is 33.2 Å². The van der Waals surface area contributed by atoms with Gasteiger partial charge in [0.25, 0.3) is 5.89 Å². The molecule has 0 aliphatic carbocycles. The highest BCUT2D eigenvalue weighted by atomic mass is 32.1. The van der Waals surface area contributed by atoms with E-state index in [2.05, 4.69) is 35.8 Å². The van der Waals surface area contributed by atoms with Crippen molar-refractivity contribution in [2.45, 2.75) is 6.18 Å². The Labute approximate surface area is 180 Å². The van der Waals surface area contributed by atoms with Crippen molar-refractivity contribution < 1.29 is 22.4 Å². The minimum atomic E-state index is -4.61. The molecule has 0 unspecified atom stereocenters. The number of H-pyrrole nitrogens is 1. The third kappa shape index (κ3) is 4.34. The van der Waals surface area contributed by atoms with E-state index in [1.807, 2.05) is 0 Å². The van der Waals surface area contributed by atoms with E-state index in [1.165, 1.54) is 31.7 Å². The molecule has 14 heteroatoms. The molecule has 0 bridgehead atoms. The third-order valence-electron chi connectivity index (χ3n) is 4.13. The zero-order valence-electron chi connectivity index (χ0n) is 16.0. The van der Waals surface area contributed by atoms with Crippen LogP contribution in [0.5, 0.6) is 0 Å². The van der Waals surface area contributed by atoms with Crippen LogP contribution in [-0.2, 0) is 6.18 Å². The van der Waals surface area contributed by atoms with E-state index >= 15 is 0 Å². The summed E-state index contributed by atoms with van der Waals surface area (Å²) in [5.41, 5.74) is 0.448. The predicted molar refractivity (Wildman–Crippen MR) is 108 cm³/mol. The van der Waals surface area contributed by atoms with Gasteiger partial charge in [0, 0.05) is 47.7 Å². The Kier molecular flexibility index (Phi) is 5.44. The first-order valence-corrected chi connectivity index (χ1v) is 9.65. The number of carbonyl (C=O) groups excluding carboxylic acids is 1. The van der Waals surface area contributed by atoms with Crippen LogP contribution in [0.2, 0.25) is 0 Å². The fourth-order valence-corrected chi connectivity index (χ4v) is 3.55. The number of aromatic nitrogens is 5. The van der Waals surface area contributed by atoms with Crippen molar-refractivity contribution >= 4 is 23.2 Å². The molecular weight excluding hydrogens is 451 g/mol. The minimum Gasteiger partial charge on any atom is -0.388 e. The molecule has 4 aromatic rings. The average Bonchev–Trinajstić information content (AvgIpc) is 3.43. The summed E-state index contributed by atoms with van der Waals surface area (Å²) in [5.74, 6) is -0.653. The summed E-state index contributed by atoms with van der Waals surface area (Å²) < 4.78 is 44.2. The number of alkyl halides is 3. The normalized spacial score (nSPS) is 11.4. The molecular formula is C18H12F3N7O3S. The quantitative estimate of drug-likeness (QED) is 0.422. The van der Waals surface area contributed by atoms with Crippen molar-refractivity contribution in [3.63, 3.8) is 0 Å². The van der Waals surface area contributed by atoms with Crippen molar-refractivity contribution in [2.24, 2.45) is 0 Å². The maximum atomic E-state index is 13.1. The Morgan fingerprint density at radius 1 is 1.16 bits per heavy atom. The largest absolute Gasteiger partial charge is 0.434 e. The van der Waals surface area contributed by atoms with Crippen LogP contribution in [0.15, 0.2) is 45.3 Å². The fraction of sp³-hybridized carbons (Fsp3) is 0.111. The smallest absolute Gasteiger partial charge is 0.388 e. The van der Waals surface area contributed by atoms with Gasteiger partial charge in [-0.1, -0.05) is 0 Å². The van der Waals surface area contributed by atoms with E-state index in [-0.39, 0.29) is 22.3 Å². The summed E-state index contributed by atoms with van der Waals surface area (Å²) >= 11 is 0.791. The maximum absolute atomic E-state index is 13.1. The molecule has 4 heterocycles. The van der Waals surface area contributed by atoms with Crippen LogP contribution >= 0.6 is 11.3 Å². The second-order valence-corrected chi connectivity index (χ2v) is 7.09. The first-order valence-electron chi connectivity index (χ1n) is 8.78. The van der Waals surface area contributed by atoms with E-state index in [0.717, 1.165) is 16.7 Å². The maximum Gasteiger partial charge on any atom is 0.434 e. The highest BCUT2D eigenvalue weighted by Crippen LogP contribution is 2.38. The number of hydrogen-bond donors (Lipinski definition) is 3. The lowest BCUT2D eigenvalue weighted by molar-refractivity contribution is -0.140. The van der Waals surface area contributed by atoms with Crippen LogP contribution in [0.4, 0.5) is 23.8 Å². The second-order valence-electron chi connectivity index (χ2n) is 6.24. The van der Waals surface area contributed by atoms with Crippen LogP contribution in [0.3, 0.4) is 0 Å². The molecule has 0 aromatic carbocycles. The van der Waals surface area contributed by atoms with E-state index in [1.54, 1.807) is 6.07 Å². The fourth-order valence-electron chi connectivity index (χ4n) is 2.69. The monoisotopic (exact) mass is 463 g/mol. The van der Waals surface area contributed by atoms with E-state index in [0.29, 0.717) is 16.7 Å². The van der Waals surface area contributed by atoms with Gasteiger partial charge in [0.2, 0.25) is 0 Å². The molecule has 4 aromatic heterocycles. The van der Waals surface area contributed by atoms with Gasteiger partial charge in [-0.25, -0.2) is 24.7 Å². The lowest BCUT2D eigenvalue weighted by Gasteiger charge is -2.11. The molecule has 0 saturated carbocycles. The van der Waals surface area contributed by atoms with Gasteiger partial charge in [-0.05, 0) is 12.1 Å². The molecule has 3 N–H and O–H groups in total. The number of aromatic amines is 1. The zero-order chi connectivity index (χ0) is 22.9. The lowest BCUT2D eigenvalue weighted by atomic mass is 10.0. The lowest BCUT2D eigenvalue weighted by Crippen LogP contribution is -2.24. The van der Waals surface area contributed by atoms with Crippen molar-refractivity contribution in [3.05, 3.63) is 52.3 Å². The molecule has 32 heavy (non-hydrogen) atoms. The summed E-state index contributed by atoms with van der Waals surface area (Å²) in [6, 6.07) is 2.44. The molecule has 2 amide bonds. The summed E-state index contributed by atoms with van der Waals surface area (Å²) in [4.78, 5) is 34.8. The highest BCUT2D eigenvalue weighted by molar-refractivity contribution is 7.13. The number of nitrogens with zero attached hydrogens (tertiary/aromatic N) is 4. The third-order valence-corrected chi connectivity index (χ3v) is 5.01. The van der Waals surface area contributed by atoms with Gasteiger partial charge >= 0.3 is 18.0 Å². The average molecular weight is 463 g/mol. The van der Waals surface area contributed by atoms with Gasteiger partial charge in [-0.3, -0.25) is 10.3 Å². The summed E-state index contributed by atoms with van der Waals surface area (Å²) in [7, 11) is 1.41. The Bertz CT molecular complexity index is 1350. The second kappa shape index (κ2) is 8.22. The topological polar surface area (TPSA) is 139 Å². The molecule has 0 radical (unpaired) electrons. The van der Waals surface area contributed by atoms with Crippen LogP contribution < -0.4 is 16.4 Å². The van der Waals surface area contributed by atoms with Crippen molar-refractivity contribution in [2.75, 3.05) is 12.4 Å². The molecule has 0 aliphatic rings. The van der Waals surface area contributed by atoms with E-state index in [4.69, 9.17) is 4.42 Å². The van der Waals surface area contributed by atoms with Gasteiger partial charge < -0.3 is 9.73 Å². The number of pyridine rings is 2. The molecule has 164 valence electrons. The zero-order valence-corrected chi connectivity index (χ0v) is 16.8. The van der Waals surface area contributed by atoms with Crippen molar-refractivity contribution in [1.29, 1.82) is 0 Å². The minimum absolute atomic E-state index is 0.00892. The van der Waals surface area contributed by atoms with E-state index in [9.17, 15) is 22.8 Å². The molecule has 0 fully saturated rings.